The van der Waals surface area contributed by atoms with Crippen LogP contribution in [0.2, 0.25) is 10.0 Å². The van der Waals surface area contributed by atoms with Crippen molar-refractivity contribution < 1.29 is 9.59 Å². The van der Waals surface area contributed by atoms with Gasteiger partial charge in [-0.2, -0.15) is 0 Å². The normalized spacial score (nSPS) is 22.3. The van der Waals surface area contributed by atoms with Crippen molar-refractivity contribution in [3.63, 3.8) is 0 Å². The minimum atomic E-state index is -0.604. The topological polar surface area (TPSA) is 52.7 Å². The van der Waals surface area contributed by atoms with Crippen molar-refractivity contribution in [1.82, 2.24) is 10.2 Å². The Morgan fingerprint density at radius 2 is 1.91 bits per heavy atom. The Labute approximate surface area is 139 Å². The summed E-state index contributed by atoms with van der Waals surface area (Å²) in [5.74, 6) is -0.868. The molecule has 1 aromatic carbocycles. The highest BCUT2D eigenvalue weighted by Gasteiger charge is 2.40. The van der Waals surface area contributed by atoms with Crippen LogP contribution in [0.4, 0.5) is 5.69 Å². The molecule has 0 aliphatic carbocycles. The van der Waals surface area contributed by atoms with Gasteiger partial charge in [-0.05, 0) is 24.6 Å². The first-order valence-electron chi connectivity index (χ1n) is 7.34. The lowest BCUT2D eigenvalue weighted by Crippen LogP contribution is -2.49. The second-order valence-corrected chi connectivity index (χ2v) is 6.35. The van der Waals surface area contributed by atoms with Gasteiger partial charge in [0.1, 0.15) is 5.92 Å². The van der Waals surface area contributed by atoms with Crippen molar-refractivity contribution in [2.45, 2.75) is 6.42 Å². The number of anilines is 1. The zero-order chi connectivity index (χ0) is 15.7. The smallest absolute Gasteiger partial charge is 0.239 e. The first-order chi connectivity index (χ1) is 10.6. The molecule has 0 radical (unpaired) electrons. The van der Waals surface area contributed by atoms with Crippen LogP contribution in [0.3, 0.4) is 0 Å². The summed E-state index contributed by atoms with van der Waals surface area (Å²) in [6.45, 7) is 3.34. The molecule has 1 N–H and O–H groups in total. The molecule has 5 nitrogen and oxygen atoms in total. The van der Waals surface area contributed by atoms with Gasteiger partial charge in [0.05, 0.1) is 10.7 Å². The number of amides is 2. The zero-order valence-corrected chi connectivity index (χ0v) is 13.5. The average molecular weight is 342 g/mol. The van der Waals surface area contributed by atoms with Crippen LogP contribution in [0.1, 0.15) is 6.42 Å². The van der Waals surface area contributed by atoms with E-state index >= 15 is 0 Å². The number of hydrogen-bond donors (Lipinski definition) is 1. The van der Waals surface area contributed by atoms with E-state index in [1.54, 1.807) is 28.0 Å². The van der Waals surface area contributed by atoms with Crippen molar-refractivity contribution in [2.24, 2.45) is 5.92 Å². The Morgan fingerprint density at radius 3 is 2.64 bits per heavy atom. The first-order valence-corrected chi connectivity index (χ1v) is 8.09. The Kier molecular flexibility index (Phi) is 4.57. The Balaban J connectivity index is 1.77. The van der Waals surface area contributed by atoms with Gasteiger partial charge in [-0.15, -0.1) is 0 Å². The maximum absolute atomic E-state index is 12.6. The molecule has 2 aliphatic rings. The van der Waals surface area contributed by atoms with Gasteiger partial charge in [-0.25, -0.2) is 0 Å². The number of piperazine rings is 1. The third-order valence-corrected chi connectivity index (χ3v) is 4.69. The summed E-state index contributed by atoms with van der Waals surface area (Å²) in [4.78, 5) is 28.5. The van der Waals surface area contributed by atoms with Crippen LogP contribution in [-0.2, 0) is 9.59 Å². The van der Waals surface area contributed by atoms with Crippen molar-refractivity contribution in [2.75, 3.05) is 37.6 Å². The number of nitrogens with one attached hydrogen (secondary N) is 1. The second kappa shape index (κ2) is 6.44. The van der Waals surface area contributed by atoms with Gasteiger partial charge in [0, 0.05) is 37.7 Å². The highest BCUT2D eigenvalue weighted by molar-refractivity contribution is 6.36. The summed E-state index contributed by atoms with van der Waals surface area (Å²) in [7, 11) is 0. The van der Waals surface area contributed by atoms with Crippen molar-refractivity contribution in [3.05, 3.63) is 28.2 Å². The molecule has 1 unspecified atom stereocenters. The lowest BCUT2D eigenvalue weighted by molar-refractivity contribution is -0.140. The Hall–Kier alpha value is -1.30. The predicted octanol–water partition coefficient (Wildman–Crippen LogP) is 1.78. The molecule has 2 amide bonds. The van der Waals surface area contributed by atoms with Gasteiger partial charge >= 0.3 is 0 Å². The fourth-order valence-corrected chi connectivity index (χ4v) is 3.33. The number of halogens is 2. The Bertz CT molecular complexity index is 602. The van der Waals surface area contributed by atoms with E-state index in [1.807, 2.05) is 0 Å². The number of benzene rings is 1. The summed E-state index contributed by atoms with van der Waals surface area (Å²) in [5, 5.41) is 4.18. The number of rotatable bonds is 2. The molecule has 7 heteroatoms. The summed E-state index contributed by atoms with van der Waals surface area (Å²) < 4.78 is 0. The van der Waals surface area contributed by atoms with Gasteiger partial charge in [-0.1, -0.05) is 23.2 Å². The molecular formula is C15H17Cl2N3O2. The molecule has 3 rings (SSSR count). The highest BCUT2D eigenvalue weighted by atomic mass is 35.5. The lowest BCUT2D eigenvalue weighted by atomic mass is 10.1. The van der Waals surface area contributed by atoms with E-state index in [0.29, 0.717) is 41.8 Å². The molecular weight excluding hydrogens is 325 g/mol. The molecule has 0 aromatic heterocycles. The monoisotopic (exact) mass is 341 g/mol. The van der Waals surface area contributed by atoms with Crippen molar-refractivity contribution in [1.29, 1.82) is 0 Å². The molecule has 2 aliphatic heterocycles. The maximum Gasteiger partial charge on any atom is 0.239 e. The number of hydrogen-bond acceptors (Lipinski definition) is 3. The standard InChI is InChI=1S/C15H17Cl2N3O2/c16-10-1-2-12(17)13(9-10)20-6-3-11(15(20)22)14(21)19-7-4-18-5-8-19/h1-2,9,11,18H,3-8H2. The van der Waals surface area contributed by atoms with Gasteiger partial charge in [0.25, 0.3) is 0 Å². The molecule has 0 saturated carbocycles. The minimum Gasteiger partial charge on any atom is -0.339 e. The SMILES string of the molecule is O=C(C1CCN(c2cc(Cl)ccc2Cl)C1=O)N1CCNCC1. The van der Waals surface area contributed by atoms with E-state index < -0.39 is 5.92 Å². The van der Waals surface area contributed by atoms with E-state index in [1.165, 1.54) is 0 Å². The molecule has 2 fully saturated rings. The Morgan fingerprint density at radius 1 is 1.18 bits per heavy atom. The molecule has 0 spiro atoms. The van der Waals surface area contributed by atoms with Gasteiger partial charge in [0.15, 0.2) is 0 Å². The molecule has 2 heterocycles. The van der Waals surface area contributed by atoms with E-state index in [-0.39, 0.29) is 11.8 Å². The summed E-state index contributed by atoms with van der Waals surface area (Å²) in [5.41, 5.74) is 0.578. The maximum atomic E-state index is 12.6. The summed E-state index contributed by atoms with van der Waals surface area (Å²) in [6.07, 6.45) is 0.518. The van der Waals surface area contributed by atoms with E-state index in [2.05, 4.69) is 5.32 Å². The van der Waals surface area contributed by atoms with Gasteiger partial charge in [-0.3, -0.25) is 9.59 Å². The summed E-state index contributed by atoms with van der Waals surface area (Å²) in [6, 6.07) is 5.01. The van der Waals surface area contributed by atoms with Crippen molar-refractivity contribution in [3.8, 4) is 0 Å². The average Bonchev–Trinajstić information content (AvgIpc) is 2.91. The highest BCUT2D eigenvalue weighted by Crippen LogP contribution is 2.34. The van der Waals surface area contributed by atoms with Crippen LogP contribution < -0.4 is 10.2 Å². The first kappa shape index (κ1) is 15.6. The third kappa shape index (κ3) is 2.93. The van der Waals surface area contributed by atoms with Gasteiger partial charge < -0.3 is 15.1 Å². The number of carbonyl (C=O) groups is 2. The van der Waals surface area contributed by atoms with Crippen LogP contribution in [0.25, 0.3) is 0 Å². The predicted molar refractivity (Wildman–Crippen MR) is 86.4 cm³/mol. The quantitative estimate of drug-likeness (QED) is 0.834. The summed E-state index contributed by atoms with van der Waals surface area (Å²) >= 11 is 12.1. The fraction of sp³-hybridized carbons (Fsp3) is 0.467. The third-order valence-electron chi connectivity index (χ3n) is 4.13. The van der Waals surface area contributed by atoms with E-state index in [4.69, 9.17) is 23.2 Å². The van der Waals surface area contributed by atoms with Crippen LogP contribution in [0, 0.1) is 5.92 Å². The lowest BCUT2D eigenvalue weighted by Gasteiger charge is -2.29. The molecule has 118 valence electrons. The van der Waals surface area contributed by atoms with Crippen LogP contribution in [0.15, 0.2) is 18.2 Å². The molecule has 0 bridgehead atoms. The molecule has 1 atom stereocenters. The van der Waals surface area contributed by atoms with Crippen molar-refractivity contribution >= 4 is 40.7 Å². The van der Waals surface area contributed by atoms with Gasteiger partial charge in [0.2, 0.25) is 11.8 Å². The molecule has 22 heavy (non-hydrogen) atoms. The van der Waals surface area contributed by atoms with Crippen LogP contribution in [-0.4, -0.2) is 49.4 Å². The minimum absolute atomic E-state index is 0.0767. The van der Waals surface area contributed by atoms with E-state index in [9.17, 15) is 9.59 Å². The van der Waals surface area contributed by atoms with Crippen LogP contribution >= 0.6 is 23.2 Å². The van der Waals surface area contributed by atoms with Crippen LogP contribution in [0.5, 0.6) is 0 Å². The zero-order valence-electron chi connectivity index (χ0n) is 12.0. The largest absolute Gasteiger partial charge is 0.339 e. The second-order valence-electron chi connectivity index (χ2n) is 5.50. The fourth-order valence-electron chi connectivity index (χ4n) is 2.95. The number of nitrogens with zero attached hydrogens (tertiary/aromatic N) is 2. The number of carbonyl (C=O) groups excluding carboxylic acids is 2. The molecule has 2 saturated heterocycles. The van der Waals surface area contributed by atoms with E-state index in [0.717, 1.165) is 13.1 Å². The molecule has 1 aromatic rings.